The Balaban J connectivity index is 4.00. The van der Waals surface area contributed by atoms with Gasteiger partial charge in [-0.2, -0.15) is 0 Å². The molecule has 0 fully saturated rings. The van der Waals surface area contributed by atoms with Crippen molar-refractivity contribution in [3.8, 4) is 0 Å². The molecule has 1 amide bonds. The molecule has 0 aromatic heterocycles. The first kappa shape index (κ1) is 10.1. The van der Waals surface area contributed by atoms with Crippen LogP contribution < -0.4 is 0 Å². The van der Waals surface area contributed by atoms with E-state index in [4.69, 9.17) is 0 Å². The van der Waals surface area contributed by atoms with E-state index >= 15 is 0 Å². The molecule has 0 aromatic rings. The molecule has 11 heavy (non-hydrogen) atoms. The van der Waals surface area contributed by atoms with Crippen molar-refractivity contribution in [2.45, 2.75) is 27.2 Å². The van der Waals surface area contributed by atoms with Crippen LogP contribution in [0.1, 0.15) is 27.2 Å². The predicted octanol–water partition coefficient (Wildman–Crippen LogP) is 1.29. The van der Waals surface area contributed by atoms with E-state index in [0.29, 0.717) is 0 Å². The first-order valence-electron chi connectivity index (χ1n) is 3.85. The molecule has 0 aliphatic rings. The SMILES string of the molecule is CCCN(C)/C(C)=N\C(C)=O. The summed E-state index contributed by atoms with van der Waals surface area (Å²) < 4.78 is 0. The lowest BCUT2D eigenvalue weighted by Crippen LogP contribution is -2.25. The van der Waals surface area contributed by atoms with Crippen molar-refractivity contribution >= 4 is 11.7 Å². The molecule has 0 N–H and O–H groups in total. The van der Waals surface area contributed by atoms with E-state index in [9.17, 15) is 4.79 Å². The van der Waals surface area contributed by atoms with Crippen LogP contribution in [0.3, 0.4) is 0 Å². The summed E-state index contributed by atoms with van der Waals surface area (Å²) in [5, 5.41) is 0. The van der Waals surface area contributed by atoms with Crippen LogP contribution in [0.5, 0.6) is 0 Å². The van der Waals surface area contributed by atoms with Crippen LogP contribution in [0.15, 0.2) is 4.99 Å². The van der Waals surface area contributed by atoms with Crippen molar-refractivity contribution in [1.29, 1.82) is 0 Å². The lowest BCUT2D eigenvalue weighted by Gasteiger charge is -2.16. The maximum atomic E-state index is 10.5. The molecule has 3 nitrogen and oxygen atoms in total. The van der Waals surface area contributed by atoms with Crippen molar-refractivity contribution in [3.63, 3.8) is 0 Å². The minimum Gasteiger partial charge on any atom is -0.363 e. The first-order chi connectivity index (χ1) is 5.07. The summed E-state index contributed by atoms with van der Waals surface area (Å²) >= 11 is 0. The van der Waals surface area contributed by atoms with Gasteiger partial charge in [-0.3, -0.25) is 4.79 Å². The third-order valence-corrected chi connectivity index (χ3v) is 1.43. The Kier molecular flexibility index (Phi) is 4.50. The van der Waals surface area contributed by atoms with Crippen molar-refractivity contribution < 1.29 is 4.79 Å². The van der Waals surface area contributed by atoms with Crippen LogP contribution >= 0.6 is 0 Å². The van der Waals surface area contributed by atoms with E-state index in [0.717, 1.165) is 18.8 Å². The van der Waals surface area contributed by atoms with Gasteiger partial charge in [-0.25, -0.2) is 4.99 Å². The second-order valence-electron chi connectivity index (χ2n) is 2.60. The summed E-state index contributed by atoms with van der Waals surface area (Å²) in [7, 11) is 1.94. The van der Waals surface area contributed by atoms with Gasteiger partial charge in [0.2, 0.25) is 5.91 Å². The van der Waals surface area contributed by atoms with E-state index < -0.39 is 0 Å². The van der Waals surface area contributed by atoms with Crippen LogP contribution in [0.25, 0.3) is 0 Å². The second kappa shape index (κ2) is 4.88. The summed E-state index contributed by atoms with van der Waals surface area (Å²) in [6.45, 7) is 6.35. The lowest BCUT2D eigenvalue weighted by atomic mass is 10.4. The molecule has 0 unspecified atom stereocenters. The van der Waals surface area contributed by atoms with Crippen LogP contribution in [-0.2, 0) is 4.79 Å². The molecule has 0 aliphatic carbocycles. The topological polar surface area (TPSA) is 32.7 Å². The Bertz CT molecular complexity index is 163. The fraction of sp³-hybridized carbons (Fsp3) is 0.750. The van der Waals surface area contributed by atoms with Crippen molar-refractivity contribution in [1.82, 2.24) is 4.90 Å². The first-order valence-corrected chi connectivity index (χ1v) is 3.85. The molecule has 3 heteroatoms. The Hall–Kier alpha value is -0.860. The van der Waals surface area contributed by atoms with E-state index in [2.05, 4.69) is 11.9 Å². The van der Waals surface area contributed by atoms with Gasteiger partial charge in [-0.15, -0.1) is 0 Å². The van der Waals surface area contributed by atoms with E-state index in [1.807, 2.05) is 18.9 Å². The molecule has 0 radical (unpaired) electrons. The molecule has 0 spiro atoms. The minimum absolute atomic E-state index is 0.134. The number of aliphatic imine (C=N–C) groups is 1. The number of carbonyl (C=O) groups excluding carboxylic acids is 1. The van der Waals surface area contributed by atoms with Crippen molar-refractivity contribution in [2.24, 2.45) is 4.99 Å². The zero-order valence-corrected chi connectivity index (χ0v) is 7.72. The highest BCUT2D eigenvalue weighted by Gasteiger charge is 1.98. The number of amidine groups is 1. The van der Waals surface area contributed by atoms with Gasteiger partial charge < -0.3 is 4.90 Å². The zero-order valence-electron chi connectivity index (χ0n) is 7.72. The molecule has 0 saturated carbocycles. The summed E-state index contributed by atoms with van der Waals surface area (Å²) in [4.78, 5) is 16.3. The largest absolute Gasteiger partial charge is 0.363 e. The number of nitrogens with zero attached hydrogens (tertiary/aromatic N) is 2. The molecule has 0 saturated heterocycles. The van der Waals surface area contributed by atoms with Gasteiger partial charge in [0.05, 0.1) is 0 Å². The maximum Gasteiger partial charge on any atom is 0.244 e. The Morgan fingerprint density at radius 1 is 1.45 bits per heavy atom. The van der Waals surface area contributed by atoms with Gasteiger partial charge in [-0.1, -0.05) is 6.92 Å². The van der Waals surface area contributed by atoms with Gasteiger partial charge in [0.15, 0.2) is 0 Å². The van der Waals surface area contributed by atoms with Gasteiger partial charge in [0.25, 0.3) is 0 Å². The minimum atomic E-state index is -0.134. The number of hydrogen-bond donors (Lipinski definition) is 0. The monoisotopic (exact) mass is 156 g/mol. The number of rotatable bonds is 2. The molecule has 0 aliphatic heterocycles. The fourth-order valence-corrected chi connectivity index (χ4v) is 0.810. The third kappa shape index (κ3) is 4.53. The number of amides is 1. The molecule has 0 bridgehead atoms. The molecule has 0 aromatic carbocycles. The second-order valence-corrected chi connectivity index (χ2v) is 2.60. The number of hydrogen-bond acceptors (Lipinski definition) is 1. The normalized spacial score (nSPS) is 11.5. The van der Waals surface area contributed by atoms with Crippen molar-refractivity contribution in [3.05, 3.63) is 0 Å². The van der Waals surface area contributed by atoms with Crippen LogP contribution in [-0.4, -0.2) is 30.2 Å². The van der Waals surface area contributed by atoms with Gasteiger partial charge in [-0.05, 0) is 13.3 Å². The summed E-state index contributed by atoms with van der Waals surface area (Å²) in [6.07, 6.45) is 1.07. The van der Waals surface area contributed by atoms with E-state index in [-0.39, 0.29) is 5.91 Å². The predicted molar refractivity (Wildman–Crippen MR) is 46.7 cm³/mol. The summed E-state index contributed by atoms with van der Waals surface area (Å²) in [6, 6.07) is 0. The highest BCUT2D eigenvalue weighted by atomic mass is 16.1. The molecule has 64 valence electrons. The Morgan fingerprint density at radius 3 is 2.36 bits per heavy atom. The quantitative estimate of drug-likeness (QED) is 0.446. The lowest BCUT2D eigenvalue weighted by molar-refractivity contribution is -0.115. The Morgan fingerprint density at radius 2 is 2.00 bits per heavy atom. The van der Waals surface area contributed by atoms with Crippen LogP contribution in [0, 0.1) is 0 Å². The fourth-order valence-electron chi connectivity index (χ4n) is 0.810. The molecule has 0 rings (SSSR count). The van der Waals surface area contributed by atoms with Gasteiger partial charge in [0, 0.05) is 20.5 Å². The van der Waals surface area contributed by atoms with E-state index in [1.54, 1.807) is 0 Å². The highest BCUT2D eigenvalue weighted by molar-refractivity contribution is 5.91. The smallest absolute Gasteiger partial charge is 0.244 e. The van der Waals surface area contributed by atoms with Crippen LogP contribution in [0.4, 0.5) is 0 Å². The van der Waals surface area contributed by atoms with E-state index in [1.165, 1.54) is 6.92 Å². The standard InChI is InChI=1S/C8H16N2O/c1-5-6-10(4)7(2)9-8(3)11/h5-6H2,1-4H3/b9-7-. The van der Waals surface area contributed by atoms with Crippen LogP contribution in [0.2, 0.25) is 0 Å². The molecular formula is C8H16N2O. The molecule has 0 heterocycles. The van der Waals surface area contributed by atoms with Gasteiger partial charge >= 0.3 is 0 Å². The number of carbonyl (C=O) groups is 1. The van der Waals surface area contributed by atoms with Crippen molar-refractivity contribution in [2.75, 3.05) is 13.6 Å². The highest BCUT2D eigenvalue weighted by Crippen LogP contribution is 1.90. The molecule has 0 atom stereocenters. The summed E-state index contributed by atoms with van der Waals surface area (Å²) in [5.41, 5.74) is 0. The Labute approximate surface area is 68.1 Å². The maximum absolute atomic E-state index is 10.5. The average molecular weight is 156 g/mol. The average Bonchev–Trinajstić information content (AvgIpc) is 1.86. The third-order valence-electron chi connectivity index (χ3n) is 1.43. The summed E-state index contributed by atoms with van der Waals surface area (Å²) in [5.74, 6) is 0.657. The zero-order chi connectivity index (χ0) is 8.85. The molecular weight excluding hydrogens is 140 g/mol. The van der Waals surface area contributed by atoms with Gasteiger partial charge in [0.1, 0.15) is 5.84 Å².